The van der Waals surface area contributed by atoms with Gasteiger partial charge in [0.05, 0.1) is 6.42 Å². The molecule has 0 spiro atoms. The lowest BCUT2D eigenvalue weighted by Gasteiger charge is -2.38. The van der Waals surface area contributed by atoms with Gasteiger partial charge in [-0.05, 0) is 19.3 Å². The molecule has 0 radical (unpaired) electrons. The summed E-state index contributed by atoms with van der Waals surface area (Å²) in [5.41, 5.74) is 0. The zero-order chi connectivity index (χ0) is 16.0. The molecule has 1 rings (SSSR count). The third-order valence-electron chi connectivity index (χ3n) is 4.06. The standard InChI is InChI=1S/C15H29N3O3/c1-12(2)11-13(3)16(4)15(21)18-9-7-17(8-10-18)6-5-14(19)20/h12-13H,5-11H2,1-4H3,(H,19,20). The van der Waals surface area contributed by atoms with Crippen LogP contribution < -0.4 is 0 Å². The SMILES string of the molecule is CC(C)CC(C)N(C)C(=O)N1CCN(CCC(=O)O)CC1. The van der Waals surface area contributed by atoms with Crippen LogP contribution in [-0.2, 0) is 4.79 Å². The lowest BCUT2D eigenvalue weighted by Crippen LogP contribution is -2.53. The van der Waals surface area contributed by atoms with Crippen molar-refractivity contribution in [3.8, 4) is 0 Å². The maximum absolute atomic E-state index is 12.4. The molecule has 122 valence electrons. The molecule has 0 aromatic rings. The fraction of sp³-hybridized carbons (Fsp3) is 0.867. The molecule has 1 saturated heterocycles. The third kappa shape index (κ3) is 5.91. The van der Waals surface area contributed by atoms with Gasteiger partial charge in [0.25, 0.3) is 0 Å². The monoisotopic (exact) mass is 299 g/mol. The van der Waals surface area contributed by atoms with Crippen LogP contribution in [0.1, 0.15) is 33.6 Å². The Labute approximate surface area is 127 Å². The van der Waals surface area contributed by atoms with Crippen molar-refractivity contribution in [2.75, 3.05) is 39.8 Å². The van der Waals surface area contributed by atoms with Crippen LogP contribution in [0, 0.1) is 5.92 Å². The molecule has 0 saturated carbocycles. The molecule has 1 unspecified atom stereocenters. The number of hydrogen-bond donors (Lipinski definition) is 1. The highest BCUT2D eigenvalue weighted by Gasteiger charge is 2.26. The Balaban J connectivity index is 2.39. The van der Waals surface area contributed by atoms with Crippen molar-refractivity contribution in [2.24, 2.45) is 5.92 Å². The summed E-state index contributed by atoms with van der Waals surface area (Å²) in [5.74, 6) is -0.195. The quantitative estimate of drug-likeness (QED) is 0.808. The van der Waals surface area contributed by atoms with Crippen molar-refractivity contribution in [1.29, 1.82) is 0 Å². The summed E-state index contributed by atoms with van der Waals surface area (Å²) in [4.78, 5) is 28.8. The highest BCUT2D eigenvalue weighted by molar-refractivity contribution is 5.74. The average Bonchev–Trinajstić information content (AvgIpc) is 2.43. The molecule has 1 N–H and O–H groups in total. The number of carbonyl (C=O) groups is 2. The Bertz CT molecular complexity index is 352. The van der Waals surface area contributed by atoms with Gasteiger partial charge in [-0.2, -0.15) is 0 Å². The molecule has 2 amide bonds. The Kier molecular flexibility index (Phi) is 6.95. The van der Waals surface area contributed by atoms with Gasteiger partial charge in [0.15, 0.2) is 0 Å². The van der Waals surface area contributed by atoms with Crippen molar-refractivity contribution in [1.82, 2.24) is 14.7 Å². The van der Waals surface area contributed by atoms with E-state index >= 15 is 0 Å². The van der Waals surface area contributed by atoms with E-state index in [1.807, 2.05) is 16.8 Å². The number of urea groups is 1. The number of hydrogen-bond acceptors (Lipinski definition) is 3. The Morgan fingerprint density at radius 3 is 2.19 bits per heavy atom. The maximum atomic E-state index is 12.4. The maximum Gasteiger partial charge on any atom is 0.320 e. The zero-order valence-electron chi connectivity index (χ0n) is 13.7. The minimum Gasteiger partial charge on any atom is -0.481 e. The number of nitrogens with zero attached hydrogens (tertiary/aromatic N) is 3. The first-order valence-corrected chi connectivity index (χ1v) is 7.77. The molecule has 0 aliphatic carbocycles. The van der Waals surface area contributed by atoms with Crippen LogP contribution in [0.25, 0.3) is 0 Å². The number of amides is 2. The summed E-state index contributed by atoms with van der Waals surface area (Å²) >= 11 is 0. The topological polar surface area (TPSA) is 64.1 Å². The first-order valence-electron chi connectivity index (χ1n) is 7.77. The minimum atomic E-state index is -0.768. The molecule has 0 bridgehead atoms. The molecule has 6 nitrogen and oxygen atoms in total. The summed E-state index contributed by atoms with van der Waals surface area (Å²) in [6, 6.07) is 0.323. The molecule has 1 heterocycles. The fourth-order valence-corrected chi connectivity index (χ4v) is 2.67. The van der Waals surface area contributed by atoms with E-state index in [1.54, 1.807) is 0 Å². The molecule has 1 fully saturated rings. The average molecular weight is 299 g/mol. The first-order chi connectivity index (χ1) is 9.81. The van der Waals surface area contributed by atoms with E-state index in [0.717, 1.165) is 19.5 Å². The van der Waals surface area contributed by atoms with Gasteiger partial charge in [-0.15, -0.1) is 0 Å². The molecule has 1 aliphatic rings. The van der Waals surface area contributed by atoms with E-state index in [2.05, 4.69) is 25.7 Å². The summed E-state index contributed by atoms with van der Waals surface area (Å²) in [6.07, 6.45) is 1.17. The normalized spacial score (nSPS) is 17.9. The number of carboxylic acid groups (broad SMARTS) is 1. The highest BCUT2D eigenvalue weighted by atomic mass is 16.4. The van der Waals surface area contributed by atoms with Gasteiger partial charge >= 0.3 is 12.0 Å². The number of piperazine rings is 1. The van der Waals surface area contributed by atoms with Crippen LogP contribution in [0.3, 0.4) is 0 Å². The van der Waals surface area contributed by atoms with Gasteiger partial charge in [-0.25, -0.2) is 4.79 Å². The van der Waals surface area contributed by atoms with E-state index in [1.165, 1.54) is 0 Å². The van der Waals surface area contributed by atoms with E-state index in [9.17, 15) is 9.59 Å². The van der Waals surface area contributed by atoms with Crippen molar-refractivity contribution in [2.45, 2.75) is 39.7 Å². The van der Waals surface area contributed by atoms with Crippen LogP contribution in [0.5, 0.6) is 0 Å². The highest BCUT2D eigenvalue weighted by Crippen LogP contribution is 2.13. The Hall–Kier alpha value is -1.30. The molecule has 21 heavy (non-hydrogen) atoms. The molecule has 1 atom stereocenters. The lowest BCUT2D eigenvalue weighted by atomic mass is 10.0. The van der Waals surface area contributed by atoms with Crippen molar-refractivity contribution >= 4 is 12.0 Å². The van der Waals surface area contributed by atoms with Gasteiger partial charge in [0.1, 0.15) is 0 Å². The van der Waals surface area contributed by atoms with Crippen molar-refractivity contribution in [3.05, 3.63) is 0 Å². The lowest BCUT2D eigenvalue weighted by molar-refractivity contribution is -0.137. The minimum absolute atomic E-state index is 0.0843. The predicted octanol–water partition coefficient (Wildman–Crippen LogP) is 1.57. The summed E-state index contributed by atoms with van der Waals surface area (Å²) in [7, 11) is 1.87. The predicted molar refractivity (Wildman–Crippen MR) is 82.3 cm³/mol. The van der Waals surface area contributed by atoms with Crippen LogP contribution in [0.4, 0.5) is 4.79 Å². The second-order valence-electron chi connectivity index (χ2n) is 6.34. The second-order valence-corrected chi connectivity index (χ2v) is 6.34. The Morgan fingerprint density at radius 2 is 1.71 bits per heavy atom. The molecule has 0 aromatic carbocycles. The van der Waals surface area contributed by atoms with Crippen LogP contribution in [0.15, 0.2) is 0 Å². The van der Waals surface area contributed by atoms with E-state index in [-0.39, 0.29) is 18.5 Å². The number of carboxylic acids is 1. The summed E-state index contributed by atoms with van der Waals surface area (Å²) in [5, 5.41) is 8.69. The van der Waals surface area contributed by atoms with E-state index in [4.69, 9.17) is 5.11 Å². The van der Waals surface area contributed by atoms with E-state index < -0.39 is 5.97 Å². The van der Waals surface area contributed by atoms with Gasteiger partial charge in [0, 0.05) is 45.8 Å². The van der Waals surface area contributed by atoms with Crippen LogP contribution in [0.2, 0.25) is 0 Å². The van der Waals surface area contributed by atoms with Crippen LogP contribution >= 0.6 is 0 Å². The van der Waals surface area contributed by atoms with Gasteiger partial charge in [-0.1, -0.05) is 13.8 Å². The second kappa shape index (κ2) is 8.22. The summed E-state index contributed by atoms with van der Waals surface area (Å²) < 4.78 is 0. The number of aliphatic carboxylic acids is 1. The number of rotatable bonds is 6. The molecular weight excluding hydrogens is 270 g/mol. The zero-order valence-corrected chi connectivity index (χ0v) is 13.7. The Morgan fingerprint density at radius 1 is 1.14 bits per heavy atom. The smallest absolute Gasteiger partial charge is 0.320 e. The molecule has 6 heteroatoms. The molecular formula is C15H29N3O3. The van der Waals surface area contributed by atoms with Gasteiger partial charge in [-0.3, -0.25) is 9.69 Å². The number of carbonyl (C=O) groups excluding carboxylic acids is 1. The largest absolute Gasteiger partial charge is 0.481 e. The van der Waals surface area contributed by atoms with Crippen molar-refractivity contribution in [3.63, 3.8) is 0 Å². The third-order valence-corrected chi connectivity index (χ3v) is 4.06. The molecule has 1 aliphatic heterocycles. The first kappa shape index (κ1) is 17.8. The van der Waals surface area contributed by atoms with Crippen LogP contribution in [-0.4, -0.2) is 77.6 Å². The van der Waals surface area contributed by atoms with Gasteiger partial charge < -0.3 is 14.9 Å². The van der Waals surface area contributed by atoms with Gasteiger partial charge in [0.2, 0.25) is 0 Å². The molecule has 0 aromatic heterocycles. The van der Waals surface area contributed by atoms with Crippen molar-refractivity contribution < 1.29 is 14.7 Å². The summed E-state index contributed by atoms with van der Waals surface area (Å²) in [6.45, 7) is 9.84. The van der Waals surface area contributed by atoms with E-state index in [0.29, 0.717) is 25.6 Å². The fourth-order valence-electron chi connectivity index (χ4n) is 2.67.